The smallest absolute Gasteiger partial charge is 0.342 e. The van der Waals surface area contributed by atoms with Crippen LogP contribution in [0, 0.1) is 0 Å². The number of esters is 2. The highest BCUT2D eigenvalue weighted by Gasteiger charge is 2.22. The number of rotatable bonds is 7. The molecule has 0 saturated carbocycles. The summed E-state index contributed by atoms with van der Waals surface area (Å²) in [5.41, 5.74) is 0.663. The van der Waals surface area contributed by atoms with E-state index in [0.717, 1.165) is 0 Å². The van der Waals surface area contributed by atoms with Gasteiger partial charge in [-0.1, -0.05) is 0 Å². The first-order valence-electron chi connectivity index (χ1n) is 6.64. The number of hydrogen-bond acceptors (Lipinski definition) is 6. The first-order chi connectivity index (χ1) is 10.1. The molecule has 0 N–H and O–H groups in total. The van der Waals surface area contributed by atoms with Gasteiger partial charge in [-0.3, -0.25) is 4.79 Å². The molecule has 0 amide bonds. The van der Waals surface area contributed by atoms with Gasteiger partial charge in [-0.2, -0.15) is 0 Å². The van der Waals surface area contributed by atoms with Crippen molar-refractivity contribution in [2.24, 2.45) is 0 Å². The molecule has 0 bridgehead atoms. The number of benzene rings is 1. The van der Waals surface area contributed by atoms with E-state index >= 15 is 0 Å². The van der Waals surface area contributed by atoms with Gasteiger partial charge in [0.1, 0.15) is 17.1 Å². The second-order valence-corrected chi connectivity index (χ2v) is 4.07. The normalized spacial score (nSPS) is 9.90. The Balaban J connectivity index is 3.27. The number of carbonyl (C=O) groups excluding carboxylic acids is 2. The Morgan fingerprint density at radius 2 is 1.67 bits per heavy atom. The van der Waals surface area contributed by atoms with Crippen molar-refractivity contribution in [3.63, 3.8) is 0 Å². The average Bonchev–Trinajstić information content (AvgIpc) is 2.46. The molecule has 0 atom stereocenters. The van der Waals surface area contributed by atoms with Crippen LogP contribution in [-0.4, -0.2) is 39.4 Å². The molecule has 6 heteroatoms. The van der Waals surface area contributed by atoms with Crippen LogP contribution in [0.5, 0.6) is 11.5 Å². The van der Waals surface area contributed by atoms with Gasteiger partial charge in [0, 0.05) is 6.07 Å². The zero-order valence-corrected chi connectivity index (χ0v) is 12.7. The van der Waals surface area contributed by atoms with E-state index in [9.17, 15) is 9.59 Å². The molecular formula is C15H20O6. The number of hydrogen-bond donors (Lipinski definition) is 0. The molecule has 0 saturated heterocycles. The lowest BCUT2D eigenvalue weighted by Gasteiger charge is -2.14. The monoisotopic (exact) mass is 296 g/mol. The van der Waals surface area contributed by atoms with Gasteiger partial charge in [0.25, 0.3) is 0 Å². The second kappa shape index (κ2) is 8.14. The first-order valence-corrected chi connectivity index (χ1v) is 6.64. The Labute approximate surface area is 123 Å². The highest BCUT2D eigenvalue weighted by Crippen LogP contribution is 2.30. The van der Waals surface area contributed by atoms with Crippen LogP contribution in [-0.2, 0) is 20.7 Å². The van der Waals surface area contributed by atoms with Gasteiger partial charge in [-0.05, 0) is 25.5 Å². The molecule has 116 valence electrons. The van der Waals surface area contributed by atoms with Crippen LogP contribution in [0.1, 0.15) is 29.8 Å². The van der Waals surface area contributed by atoms with E-state index in [-0.39, 0.29) is 25.2 Å². The van der Waals surface area contributed by atoms with Gasteiger partial charge in [0.05, 0.1) is 33.9 Å². The third-order valence-corrected chi connectivity index (χ3v) is 2.73. The number of methoxy groups -OCH3 is 2. The fourth-order valence-corrected chi connectivity index (χ4v) is 1.87. The quantitative estimate of drug-likeness (QED) is 0.717. The van der Waals surface area contributed by atoms with E-state index < -0.39 is 11.9 Å². The molecule has 0 aliphatic carbocycles. The van der Waals surface area contributed by atoms with Crippen molar-refractivity contribution in [3.8, 4) is 11.5 Å². The molecule has 0 fully saturated rings. The van der Waals surface area contributed by atoms with Crippen LogP contribution in [0.25, 0.3) is 0 Å². The largest absolute Gasteiger partial charge is 0.497 e. The minimum atomic E-state index is -0.545. The fraction of sp³-hybridized carbons (Fsp3) is 0.467. The summed E-state index contributed by atoms with van der Waals surface area (Å²) in [5, 5.41) is 0. The number of ether oxygens (including phenoxy) is 4. The van der Waals surface area contributed by atoms with E-state index in [1.54, 1.807) is 26.0 Å². The summed E-state index contributed by atoms with van der Waals surface area (Å²) in [4.78, 5) is 23.8. The molecule has 1 aromatic carbocycles. The van der Waals surface area contributed by atoms with Crippen LogP contribution >= 0.6 is 0 Å². The molecule has 0 aliphatic rings. The Bertz CT molecular complexity index is 509. The maximum absolute atomic E-state index is 12.1. The Morgan fingerprint density at radius 3 is 2.19 bits per heavy atom. The van der Waals surface area contributed by atoms with Crippen molar-refractivity contribution in [1.82, 2.24) is 0 Å². The number of carbonyl (C=O) groups is 2. The highest BCUT2D eigenvalue weighted by molar-refractivity contribution is 5.96. The lowest BCUT2D eigenvalue weighted by atomic mass is 10.0. The molecule has 0 heterocycles. The third kappa shape index (κ3) is 4.37. The zero-order chi connectivity index (χ0) is 15.8. The predicted octanol–water partition coefficient (Wildman–Crippen LogP) is 1.99. The van der Waals surface area contributed by atoms with E-state index in [1.807, 2.05) is 0 Å². The molecular weight excluding hydrogens is 276 g/mol. The van der Waals surface area contributed by atoms with Gasteiger partial charge in [0.2, 0.25) is 0 Å². The van der Waals surface area contributed by atoms with Crippen molar-refractivity contribution in [2.45, 2.75) is 20.3 Å². The molecule has 0 radical (unpaired) electrons. The summed E-state index contributed by atoms with van der Waals surface area (Å²) in [6, 6.07) is 3.17. The molecule has 6 nitrogen and oxygen atoms in total. The Hall–Kier alpha value is -2.24. The van der Waals surface area contributed by atoms with E-state index in [1.165, 1.54) is 14.2 Å². The molecule has 1 aromatic rings. The summed E-state index contributed by atoms with van der Waals surface area (Å²) in [5.74, 6) is -0.194. The maximum Gasteiger partial charge on any atom is 0.342 e. The van der Waals surface area contributed by atoms with Crippen molar-refractivity contribution >= 4 is 11.9 Å². The predicted molar refractivity (Wildman–Crippen MR) is 75.8 cm³/mol. The minimum absolute atomic E-state index is 0.0600. The van der Waals surface area contributed by atoms with Crippen molar-refractivity contribution in [1.29, 1.82) is 0 Å². The fourth-order valence-electron chi connectivity index (χ4n) is 1.87. The van der Waals surface area contributed by atoms with Gasteiger partial charge in [0.15, 0.2) is 0 Å². The van der Waals surface area contributed by atoms with Gasteiger partial charge in [-0.25, -0.2) is 4.79 Å². The standard InChI is InChI=1S/C15H20O6/c1-5-20-13(16)8-10-7-11(18-3)9-12(19-4)14(10)15(17)21-6-2/h7,9H,5-6,8H2,1-4H3. The highest BCUT2D eigenvalue weighted by atomic mass is 16.5. The summed E-state index contributed by atoms with van der Waals surface area (Å²) in [6.45, 7) is 3.93. The summed E-state index contributed by atoms with van der Waals surface area (Å²) in [7, 11) is 2.93. The van der Waals surface area contributed by atoms with Crippen LogP contribution in [0.4, 0.5) is 0 Å². The molecule has 0 aliphatic heterocycles. The average molecular weight is 296 g/mol. The summed E-state index contributed by atoms with van der Waals surface area (Å²) >= 11 is 0. The van der Waals surface area contributed by atoms with Crippen LogP contribution in [0.15, 0.2) is 12.1 Å². The van der Waals surface area contributed by atoms with E-state index in [0.29, 0.717) is 17.1 Å². The van der Waals surface area contributed by atoms with Crippen molar-refractivity contribution in [2.75, 3.05) is 27.4 Å². The van der Waals surface area contributed by atoms with Crippen molar-refractivity contribution in [3.05, 3.63) is 23.3 Å². The zero-order valence-electron chi connectivity index (χ0n) is 12.7. The van der Waals surface area contributed by atoms with Crippen LogP contribution < -0.4 is 9.47 Å². The van der Waals surface area contributed by atoms with Gasteiger partial charge >= 0.3 is 11.9 Å². The molecule has 0 aromatic heterocycles. The van der Waals surface area contributed by atoms with Gasteiger partial charge < -0.3 is 18.9 Å². The van der Waals surface area contributed by atoms with E-state index in [4.69, 9.17) is 18.9 Å². The first kappa shape index (κ1) is 16.8. The lowest BCUT2D eigenvalue weighted by molar-refractivity contribution is -0.142. The van der Waals surface area contributed by atoms with Crippen LogP contribution in [0.3, 0.4) is 0 Å². The Morgan fingerprint density at radius 1 is 1.00 bits per heavy atom. The molecule has 1 rings (SSSR count). The van der Waals surface area contributed by atoms with Crippen LogP contribution in [0.2, 0.25) is 0 Å². The SMILES string of the molecule is CCOC(=O)Cc1cc(OC)cc(OC)c1C(=O)OCC. The molecule has 0 unspecified atom stereocenters. The van der Waals surface area contributed by atoms with E-state index in [2.05, 4.69) is 0 Å². The maximum atomic E-state index is 12.1. The summed E-state index contributed by atoms with van der Waals surface area (Å²) < 4.78 is 20.3. The van der Waals surface area contributed by atoms with Gasteiger partial charge in [-0.15, -0.1) is 0 Å². The summed E-state index contributed by atoms with van der Waals surface area (Å²) in [6.07, 6.45) is -0.0600. The lowest BCUT2D eigenvalue weighted by Crippen LogP contribution is -2.15. The molecule has 0 spiro atoms. The second-order valence-electron chi connectivity index (χ2n) is 4.07. The minimum Gasteiger partial charge on any atom is -0.497 e. The Kier molecular flexibility index (Phi) is 6.52. The van der Waals surface area contributed by atoms with Crippen molar-refractivity contribution < 1.29 is 28.5 Å². The molecule has 21 heavy (non-hydrogen) atoms. The third-order valence-electron chi connectivity index (χ3n) is 2.73. The topological polar surface area (TPSA) is 71.1 Å².